The zero-order valence-electron chi connectivity index (χ0n) is 12.6. The number of benzene rings is 2. The number of halogens is 1. The van der Waals surface area contributed by atoms with Crippen molar-refractivity contribution >= 4 is 0 Å². The Morgan fingerprint density at radius 3 is 1.91 bits per heavy atom. The van der Waals surface area contributed by atoms with E-state index >= 15 is 0 Å². The Labute approximate surface area is 131 Å². The summed E-state index contributed by atoms with van der Waals surface area (Å²) in [6.45, 7) is 2.13. The van der Waals surface area contributed by atoms with Gasteiger partial charge in [-0.2, -0.15) is 0 Å². The molecular weight excluding hydrogens is 271 g/mol. The molecule has 0 aromatic heterocycles. The monoisotopic (exact) mass is 288 g/mol. The van der Waals surface area contributed by atoms with Gasteiger partial charge >= 0.3 is 0 Å². The first-order chi connectivity index (χ1) is 10.8. The van der Waals surface area contributed by atoms with Crippen LogP contribution in [0.25, 0.3) is 0 Å². The van der Waals surface area contributed by atoms with E-state index in [1.54, 1.807) is 12.1 Å². The van der Waals surface area contributed by atoms with Gasteiger partial charge in [0.1, 0.15) is 5.82 Å². The highest BCUT2D eigenvalue weighted by molar-refractivity contribution is 5.44. The molecule has 1 heteroatoms. The average Bonchev–Trinajstić information content (AvgIpc) is 2.55. The SMILES string of the molecule is CC/C=C/Cc1ccc(C#CC#Cc2ccc(F)cc2)cc1. The van der Waals surface area contributed by atoms with Crippen molar-refractivity contribution in [3.8, 4) is 23.7 Å². The third-order valence-corrected chi connectivity index (χ3v) is 3.03. The largest absolute Gasteiger partial charge is 0.207 e. The lowest BCUT2D eigenvalue weighted by Crippen LogP contribution is -1.81. The molecule has 2 aromatic carbocycles. The molecule has 0 unspecified atom stereocenters. The van der Waals surface area contributed by atoms with Gasteiger partial charge in [0.15, 0.2) is 0 Å². The molecule has 108 valence electrons. The maximum atomic E-state index is 12.7. The highest BCUT2D eigenvalue weighted by Gasteiger charge is 1.90. The van der Waals surface area contributed by atoms with E-state index in [-0.39, 0.29) is 5.82 Å². The predicted molar refractivity (Wildman–Crippen MR) is 89.7 cm³/mol. The van der Waals surface area contributed by atoms with Crippen LogP contribution in [0, 0.1) is 29.5 Å². The normalized spacial score (nSPS) is 9.73. The number of hydrogen-bond donors (Lipinski definition) is 0. The molecule has 0 heterocycles. The van der Waals surface area contributed by atoms with Crippen LogP contribution in [0.1, 0.15) is 30.0 Å². The number of allylic oxidation sites excluding steroid dienone is 2. The second-order valence-electron chi connectivity index (χ2n) is 4.79. The molecule has 0 radical (unpaired) electrons. The minimum absolute atomic E-state index is 0.259. The van der Waals surface area contributed by atoms with E-state index in [9.17, 15) is 4.39 Å². The van der Waals surface area contributed by atoms with Crippen molar-refractivity contribution < 1.29 is 4.39 Å². The Morgan fingerprint density at radius 1 is 0.818 bits per heavy atom. The topological polar surface area (TPSA) is 0 Å². The highest BCUT2D eigenvalue weighted by atomic mass is 19.1. The van der Waals surface area contributed by atoms with Crippen molar-refractivity contribution in [1.29, 1.82) is 0 Å². The molecule has 22 heavy (non-hydrogen) atoms. The predicted octanol–water partition coefficient (Wildman–Crippen LogP) is 4.74. The third-order valence-electron chi connectivity index (χ3n) is 3.03. The minimum Gasteiger partial charge on any atom is -0.207 e. The first-order valence-electron chi connectivity index (χ1n) is 7.29. The standard InChI is InChI=1S/C21H17F/c1-2-3-4-7-18-10-12-19(13-11-18)8-5-6-9-20-14-16-21(22)17-15-20/h3-4,10-17H,2,7H2,1H3/b4-3+. The fourth-order valence-electron chi connectivity index (χ4n) is 1.85. The van der Waals surface area contributed by atoms with Gasteiger partial charge < -0.3 is 0 Å². The molecule has 0 nitrogen and oxygen atoms in total. The molecule has 2 rings (SSSR count). The summed E-state index contributed by atoms with van der Waals surface area (Å²) in [4.78, 5) is 0. The summed E-state index contributed by atoms with van der Waals surface area (Å²) in [5.74, 6) is 11.2. The Balaban J connectivity index is 1.97. The van der Waals surface area contributed by atoms with E-state index in [0.29, 0.717) is 0 Å². The lowest BCUT2D eigenvalue weighted by atomic mass is 10.1. The molecule has 0 N–H and O–H groups in total. The molecule has 0 aliphatic carbocycles. The average molecular weight is 288 g/mol. The zero-order chi connectivity index (χ0) is 15.6. The maximum absolute atomic E-state index is 12.7. The van der Waals surface area contributed by atoms with Crippen molar-refractivity contribution in [2.45, 2.75) is 19.8 Å². The van der Waals surface area contributed by atoms with Crippen LogP contribution in [0.4, 0.5) is 4.39 Å². The fraction of sp³-hybridized carbons (Fsp3) is 0.143. The van der Waals surface area contributed by atoms with E-state index in [1.165, 1.54) is 17.7 Å². The molecule has 0 aliphatic rings. The number of rotatable bonds is 3. The third kappa shape index (κ3) is 5.31. The molecule has 0 bridgehead atoms. The maximum Gasteiger partial charge on any atom is 0.123 e. The van der Waals surface area contributed by atoms with Gasteiger partial charge in [0.05, 0.1) is 0 Å². The Hall–Kier alpha value is -2.77. The summed E-state index contributed by atoms with van der Waals surface area (Å²) in [5.41, 5.74) is 2.97. The summed E-state index contributed by atoms with van der Waals surface area (Å²) in [6, 6.07) is 14.2. The Kier molecular flexibility index (Phi) is 6.03. The molecule has 0 fully saturated rings. The van der Waals surface area contributed by atoms with Gasteiger partial charge in [-0.25, -0.2) is 4.39 Å². The van der Waals surface area contributed by atoms with Crippen LogP contribution in [0.3, 0.4) is 0 Å². The van der Waals surface area contributed by atoms with Crippen molar-refractivity contribution in [3.05, 3.63) is 83.2 Å². The van der Waals surface area contributed by atoms with Crippen LogP contribution in [0.2, 0.25) is 0 Å². The summed E-state index contributed by atoms with van der Waals surface area (Å²) >= 11 is 0. The van der Waals surface area contributed by atoms with Gasteiger partial charge in [-0.05, 0) is 66.6 Å². The lowest BCUT2D eigenvalue weighted by Gasteiger charge is -1.96. The lowest BCUT2D eigenvalue weighted by molar-refractivity contribution is 0.627. The van der Waals surface area contributed by atoms with E-state index in [2.05, 4.69) is 54.9 Å². The highest BCUT2D eigenvalue weighted by Crippen LogP contribution is 2.05. The quantitative estimate of drug-likeness (QED) is 0.565. The second kappa shape index (κ2) is 8.50. The Morgan fingerprint density at radius 2 is 1.36 bits per heavy atom. The van der Waals surface area contributed by atoms with Crippen LogP contribution in [0.15, 0.2) is 60.7 Å². The summed E-state index contributed by atoms with van der Waals surface area (Å²) < 4.78 is 12.7. The van der Waals surface area contributed by atoms with E-state index < -0.39 is 0 Å². The second-order valence-corrected chi connectivity index (χ2v) is 4.79. The van der Waals surface area contributed by atoms with Gasteiger partial charge in [-0.15, -0.1) is 0 Å². The summed E-state index contributed by atoms with van der Waals surface area (Å²) in [6.07, 6.45) is 6.36. The van der Waals surface area contributed by atoms with Crippen LogP contribution >= 0.6 is 0 Å². The van der Waals surface area contributed by atoms with Crippen LogP contribution in [-0.2, 0) is 6.42 Å². The van der Waals surface area contributed by atoms with E-state index in [4.69, 9.17) is 0 Å². The van der Waals surface area contributed by atoms with Crippen molar-refractivity contribution in [1.82, 2.24) is 0 Å². The van der Waals surface area contributed by atoms with Crippen molar-refractivity contribution in [2.75, 3.05) is 0 Å². The van der Waals surface area contributed by atoms with Crippen molar-refractivity contribution in [2.24, 2.45) is 0 Å². The first-order valence-corrected chi connectivity index (χ1v) is 7.29. The molecular formula is C21H17F. The van der Waals surface area contributed by atoms with E-state index in [0.717, 1.165) is 24.0 Å². The van der Waals surface area contributed by atoms with Gasteiger partial charge in [0.2, 0.25) is 0 Å². The van der Waals surface area contributed by atoms with Gasteiger partial charge in [0, 0.05) is 11.1 Å². The fourth-order valence-corrected chi connectivity index (χ4v) is 1.85. The zero-order valence-corrected chi connectivity index (χ0v) is 12.6. The minimum atomic E-state index is -0.259. The smallest absolute Gasteiger partial charge is 0.123 e. The van der Waals surface area contributed by atoms with Crippen molar-refractivity contribution in [3.63, 3.8) is 0 Å². The molecule has 0 aliphatic heterocycles. The van der Waals surface area contributed by atoms with Gasteiger partial charge in [-0.3, -0.25) is 0 Å². The Bertz CT molecular complexity index is 742. The first kappa shape index (κ1) is 15.6. The van der Waals surface area contributed by atoms with Crippen LogP contribution < -0.4 is 0 Å². The van der Waals surface area contributed by atoms with Crippen LogP contribution in [-0.4, -0.2) is 0 Å². The van der Waals surface area contributed by atoms with Gasteiger partial charge in [-0.1, -0.05) is 43.0 Å². The van der Waals surface area contributed by atoms with E-state index in [1.807, 2.05) is 12.1 Å². The molecule has 0 atom stereocenters. The molecule has 0 saturated heterocycles. The summed E-state index contributed by atoms with van der Waals surface area (Å²) in [5, 5.41) is 0. The summed E-state index contributed by atoms with van der Waals surface area (Å²) in [7, 11) is 0. The number of hydrogen-bond acceptors (Lipinski definition) is 0. The molecule has 0 amide bonds. The van der Waals surface area contributed by atoms with Crippen LogP contribution in [0.5, 0.6) is 0 Å². The molecule has 2 aromatic rings. The molecule has 0 spiro atoms. The molecule has 0 saturated carbocycles. The van der Waals surface area contributed by atoms with Gasteiger partial charge in [0.25, 0.3) is 0 Å².